The van der Waals surface area contributed by atoms with E-state index in [2.05, 4.69) is 20.9 Å². The van der Waals surface area contributed by atoms with Crippen molar-refractivity contribution in [2.45, 2.75) is 13.0 Å². The van der Waals surface area contributed by atoms with Crippen molar-refractivity contribution in [1.82, 2.24) is 10.7 Å². The summed E-state index contributed by atoms with van der Waals surface area (Å²) in [6.07, 6.45) is -0.794. The Bertz CT molecular complexity index is 881. The number of nitrogens with one attached hydrogen (secondary N) is 1. The number of nitrogens with zero attached hydrogens (tertiary/aromatic N) is 1. The number of hydrogen-bond donors (Lipinski definition) is 0. The molecule has 6 heteroatoms. The van der Waals surface area contributed by atoms with Crippen molar-refractivity contribution in [3.63, 3.8) is 0 Å². The van der Waals surface area contributed by atoms with Crippen LogP contribution in [0.4, 0.5) is 0 Å². The van der Waals surface area contributed by atoms with E-state index < -0.39 is 12.0 Å². The van der Waals surface area contributed by atoms with Gasteiger partial charge in [-0.05, 0) is 49.4 Å². The molecule has 2 aromatic carbocycles. The highest BCUT2D eigenvalue weighted by molar-refractivity contribution is 9.10. The van der Waals surface area contributed by atoms with Crippen LogP contribution < -0.4 is 15.2 Å². The van der Waals surface area contributed by atoms with E-state index in [0.29, 0.717) is 17.4 Å². The summed E-state index contributed by atoms with van der Waals surface area (Å²) in [6, 6.07) is 16.5. The summed E-state index contributed by atoms with van der Waals surface area (Å²) >= 11 is 3.43. The van der Waals surface area contributed by atoms with Crippen LogP contribution in [0.2, 0.25) is 0 Å². The van der Waals surface area contributed by atoms with Crippen LogP contribution in [0.15, 0.2) is 59.1 Å². The Kier molecular flexibility index (Phi) is 4.66. The summed E-state index contributed by atoms with van der Waals surface area (Å²) in [6.45, 7) is 1.54. The first kappa shape index (κ1) is 16.3. The summed E-state index contributed by atoms with van der Waals surface area (Å²) in [4.78, 5) is 15.4. The molecule has 0 aliphatic rings. The molecule has 0 saturated carbocycles. The van der Waals surface area contributed by atoms with E-state index in [1.54, 1.807) is 24.3 Å². The van der Waals surface area contributed by atoms with Crippen LogP contribution in [0.1, 0.15) is 6.92 Å². The highest BCUT2D eigenvalue weighted by atomic mass is 79.9. The predicted molar refractivity (Wildman–Crippen MR) is 94.2 cm³/mol. The minimum atomic E-state index is -0.794. The average molecular weight is 386 g/mol. The zero-order chi connectivity index (χ0) is 17.1. The van der Waals surface area contributed by atoms with Gasteiger partial charge in [0.1, 0.15) is 11.5 Å². The van der Waals surface area contributed by atoms with E-state index in [1.807, 2.05) is 30.3 Å². The monoisotopic (exact) mass is 385 g/mol. The van der Waals surface area contributed by atoms with Gasteiger partial charge in [0.25, 0.3) is 5.91 Å². The first-order valence-corrected chi connectivity index (χ1v) is 8.07. The van der Waals surface area contributed by atoms with Gasteiger partial charge >= 0.3 is 0 Å². The summed E-state index contributed by atoms with van der Waals surface area (Å²) in [5, 5.41) is 1.03. The van der Waals surface area contributed by atoms with Crippen LogP contribution in [0.25, 0.3) is 10.9 Å². The predicted octanol–water partition coefficient (Wildman–Crippen LogP) is 4.37. The van der Waals surface area contributed by atoms with E-state index in [0.717, 1.165) is 15.4 Å². The van der Waals surface area contributed by atoms with Crippen LogP contribution in [0.5, 0.6) is 17.4 Å². The molecule has 24 heavy (non-hydrogen) atoms. The summed E-state index contributed by atoms with van der Waals surface area (Å²) < 4.78 is 12.0. The topological polar surface area (TPSA) is 72.2 Å². The first-order chi connectivity index (χ1) is 11.5. The Hall–Kier alpha value is -2.60. The fraction of sp³-hybridized carbons (Fsp3) is 0.111. The number of rotatable bonds is 5. The third-order valence-corrected chi connectivity index (χ3v) is 3.85. The second kappa shape index (κ2) is 6.88. The summed E-state index contributed by atoms with van der Waals surface area (Å²) in [7, 11) is 0. The van der Waals surface area contributed by atoms with Gasteiger partial charge in [-0.3, -0.25) is 10.5 Å². The lowest BCUT2D eigenvalue weighted by atomic mass is 10.2. The van der Waals surface area contributed by atoms with Gasteiger partial charge in [-0.2, -0.15) is 0 Å². The molecule has 121 valence electrons. The number of fused-ring (bicyclic) bond motifs is 1. The van der Waals surface area contributed by atoms with E-state index in [4.69, 9.17) is 15.2 Å². The molecule has 1 atom stereocenters. The number of pyridine rings is 1. The molecule has 1 aromatic heterocycles. The van der Waals surface area contributed by atoms with Crippen LogP contribution in [0, 0.1) is 0 Å². The third-order valence-electron chi connectivity index (χ3n) is 3.36. The number of carbonyl (C=O) groups excluding carboxylic acids is 1. The van der Waals surface area contributed by atoms with Gasteiger partial charge in [-0.1, -0.05) is 22.0 Å². The minimum Gasteiger partial charge on any atom is -0.481 e. The Labute approximate surface area is 147 Å². The van der Waals surface area contributed by atoms with E-state index in [9.17, 15) is 4.79 Å². The summed E-state index contributed by atoms with van der Waals surface area (Å²) in [5.41, 5.74) is 7.84. The maximum atomic E-state index is 10.9. The van der Waals surface area contributed by atoms with Crippen molar-refractivity contribution < 1.29 is 14.3 Å². The molecule has 5 nitrogen and oxygen atoms in total. The number of aromatic nitrogens is 1. The molecule has 0 aliphatic heterocycles. The van der Waals surface area contributed by atoms with Crippen molar-refractivity contribution in [1.29, 1.82) is 0 Å². The lowest BCUT2D eigenvalue weighted by Crippen LogP contribution is -2.24. The quantitative estimate of drug-likeness (QED) is 0.653. The molecule has 0 bridgehead atoms. The molecule has 1 heterocycles. The lowest BCUT2D eigenvalue weighted by molar-refractivity contribution is -0.124. The Balaban J connectivity index is 1.75. The largest absolute Gasteiger partial charge is 0.481 e. The standard InChI is InChI=1S/C18H14BrN2O3/c1-11(18(20)22)23-14-5-7-15(8-6-14)24-17-9-3-12-2-4-13(19)10-16(12)21-17/h2-11,20H,1H3. The molecule has 0 spiro atoms. The molecule has 1 unspecified atom stereocenters. The van der Waals surface area contributed by atoms with Crippen molar-refractivity contribution >= 4 is 32.7 Å². The molecule has 1 radical (unpaired) electrons. The van der Waals surface area contributed by atoms with Crippen molar-refractivity contribution in [2.75, 3.05) is 0 Å². The maximum Gasteiger partial charge on any atom is 0.279 e. The van der Waals surface area contributed by atoms with E-state index in [1.165, 1.54) is 6.92 Å². The number of halogens is 1. The van der Waals surface area contributed by atoms with Gasteiger partial charge < -0.3 is 9.47 Å². The molecular formula is C18H14BrN2O3. The van der Waals surface area contributed by atoms with E-state index >= 15 is 0 Å². The van der Waals surface area contributed by atoms with Gasteiger partial charge in [0, 0.05) is 15.9 Å². The van der Waals surface area contributed by atoms with Gasteiger partial charge in [0.2, 0.25) is 5.88 Å². The number of amides is 1. The van der Waals surface area contributed by atoms with Crippen LogP contribution >= 0.6 is 15.9 Å². The second-order valence-corrected chi connectivity index (χ2v) is 6.10. The minimum absolute atomic E-state index is 0.490. The van der Waals surface area contributed by atoms with Gasteiger partial charge in [0.05, 0.1) is 5.52 Å². The van der Waals surface area contributed by atoms with Gasteiger partial charge in [0.15, 0.2) is 6.10 Å². The van der Waals surface area contributed by atoms with Crippen molar-refractivity contribution in [2.24, 2.45) is 0 Å². The van der Waals surface area contributed by atoms with Crippen molar-refractivity contribution in [3.05, 3.63) is 59.1 Å². The Morgan fingerprint density at radius 3 is 2.46 bits per heavy atom. The number of carbonyl (C=O) groups is 1. The fourth-order valence-electron chi connectivity index (χ4n) is 2.09. The van der Waals surface area contributed by atoms with Gasteiger partial charge in [-0.25, -0.2) is 4.98 Å². The molecular weight excluding hydrogens is 372 g/mol. The van der Waals surface area contributed by atoms with Crippen LogP contribution in [-0.2, 0) is 4.79 Å². The first-order valence-electron chi connectivity index (χ1n) is 7.27. The Morgan fingerprint density at radius 1 is 1.08 bits per heavy atom. The maximum absolute atomic E-state index is 10.9. The highest BCUT2D eigenvalue weighted by Gasteiger charge is 2.11. The molecule has 0 aliphatic carbocycles. The molecule has 3 rings (SSSR count). The van der Waals surface area contributed by atoms with Crippen molar-refractivity contribution in [3.8, 4) is 17.4 Å². The summed E-state index contributed by atoms with van der Waals surface area (Å²) in [5.74, 6) is 0.839. The number of hydrogen-bond acceptors (Lipinski definition) is 4. The average Bonchev–Trinajstić information content (AvgIpc) is 2.56. The fourth-order valence-corrected chi connectivity index (χ4v) is 2.44. The number of benzene rings is 2. The zero-order valence-electron chi connectivity index (χ0n) is 12.8. The Morgan fingerprint density at radius 2 is 1.75 bits per heavy atom. The second-order valence-electron chi connectivity index (χ2n) is 5.18. The highest BCUT2D eigenvalue weighted by Crippen LogP contribution is 2.26. The zero-order valence-corrected chi connectivity index (χ0v) is 14.4. The lowest BCUT2D eigenvalue weighted by Gasteiger charge is -2.11. The third kappa shape index (κ3) is 3.83. The molecule has 1 N–H and O–H groups in total. The SMILES string of the molecule is CC(Oc1ccc(Oc2ccc3ccc(Br)cc3n2)cc1)C([NH])=O. The number of ether oxygens (including phenoxy) is 2. The van der Waals surface area contributed by atoms with E-state index in [-0.39, 0.29) is 0 Å². The molecule has 0 saturated heterocycles. The van der Waals surface area contributed by atoms with Crippen LogP contribution in [-0.4, -0.2) is 17.0 Å². The molecule has 0 fully saturated rings. The smallest absolute Gasteiger partial charge is 0.279 e. The normalized spacial score (nSPS) is 11.9. The van der Waals surface area contributed by atoms with Crippen LogP contribution in [0.3, 0.4) is 0 Å². The van der Waals surface area contributed by atoms with Gasteiger partial charge in [-0.15, -0.1) is 0 Å². The molecule has 3 aromatic rings. The molecule has 1 amide bonds.